The maximum atomic E-state index is 10.6. The normalized spacial score (nSPS) is 10.3. The first-order valence-electron chi connectivity index (χ1n) is 5.61. The molecule has 0 radical (unpaired) electrons. The van der Waals surface area contributed by atoms with Gasteiger partial charge in [0.15, 0.2) is 0 Å². The van der Waals surface area contributed by atoms with Crippen LogP contribution < -0.4 is 10.5 Å². The Morgan fingerprint density at radius 1 is 1.15 bits per heavy atom. The molecule has 0 unspecified atom stereocenters. The van der Waals surface area contributed by atoms with E-state index < -0.39 is 4.92 Å². The summed E-state index contributed by atoms with van der Waals surface area (Å²) < 4.78 is 5.54. The van der Waals surface area contributed by atoms with E-state index in [0.29, 0.717) is 23.1 Å². The smallest absolute Gasteiger partial charge is 0.271 e. The van der Waals surface area contributed by atoms with Crippen LogP contribution in [0.3, 0.4) is 0 Å². The van der Waals surface area contributed by atoms with Crippen LogP contribution in [-0.4, -0.2) is 4.92 Å². The first-order valence-corrected chi connectivity index (χ1v) is 6.37. The van der Waals surface area contributed by atoms with E-state index in [0.717, 1.165) is 5.56 Å². The number of halogens is 2. The lowest BCUT2D eigenvalue weighted by atomic mass is 10.2. The summed E-state index contributed by atoms with van der Waals surface area (Å²) in [4.78, 5) is 10.1. The van der Waals surface area contributed by atoms with E-state index in [1.807, 2.05) is 0 Å². The van der Waals surface area contributed by atoms with Crippen molar-refractivity contribution in [3.63, 3.8) is 0 Å². The van der Waals surface area contributed by atoms with Gasteiger partial charge in [-0.15, -0.1) is 0 Å². The summed E-state index contributed by atoms with van der Waals surface area (Å²) in [5.74, 6) is 0.789. The van der Waals surface area contributed by atoms with Gasteiger partial charge in [0, 0.05) is 23.7 Å². The average molecular weight is 313 g/mol. The number of nitro groups is 1. The number of nitro benzene ring substituents is 1. The van der Waals surface area contributed by atoms with Gasteiger partial charge in [-0.2, -0.15) is 0 Å². The van der Waals surface area contributed by atoms with Crippen molar-refractivity contribution in [2.75, 3.05) is 0 Å². The summed E-state index contributed by atoms with van der Waals surface area (Å²) in [5.41, 5.74) is 6.21. The number of hydrogen-bond donors (Lipinski definition) is 1. The van der Waals surface area contributed by atoms with Crippen molar-refractivity contribution < 1.29 is 9.66 Å². The van der Waals surface area contributed by atoms with Crippen LogP contribution in [0.1, 0.15) is 5.56 Å². The molecule has 0 saturated heterocycles. The molecular weight excluding hydrogens is 303 g/mol. The maximum absolute atomic E-state index is 10.6. The van der Waals surface area contributed by atoms with E-state index in [-0.39, 0.29) is 10.7 Å². The number of nitrogens with two attached hydrogens (primary N) is 1. The van der Waals surface area contributed by atoms with Gasteiger partial charge in [-0.25, -0.2) is 0 Å². The van der Waals surface area contributed by atoms with Crippen molar-refractivity contribution in [2.45, 2.75) is 6.54 Å². The van der Waals surface area contributed by atoms with Crippen LogP contribution in [0.2, 0.25) is 10.0 Å². The zero-order valence-corrected chi connectivity index (χ0v) is 11.7. The fourth-order valence-corrected chi connectivity index (χ4v) is 2.03. The van der Waals surface area contributed by atoms with E-state index >= 15 is 0 Å². The summed E-state index contributed by atoms with van der Waals surface area (Å²) in [7, 11) is 0. The molecule has 5 nitrogen and oxygen atoms in total. The fourth-order valence-electron chi connectivity index (χ4n) is 1.57. The fraction of sp³-hybridized carbons (Fsp3) is 0.0769. The predicted molar refractivity (Wildman–Crippen MR) is 77.5 cm³/mol. The molecule has 0 fully saturated rings. The molecular formula is C13H10Cl2N2O3. The van der Waals surface area contributed by atoms with Crippen molar-refractivity contribution in [1.29, 1.82) is 0 Å². The van der Waals surface area contributed by atoms with Gasteiger partial charge in [0.25, 0.3) is 5.69 Å². The van der Waals surface area contributed by atoms with Gasteiger partial charge in [-0.3, -0.25) is 10.1 Å². The number of nitrogens with zero attached hydrogens (tertiary/aromatic N) is 1. The third-order valence-electron chi connectivity index (χ3n) is 2.60. The van der Waals surface area contributed by atoms with Crippen LogP contribution in [0.25, 0.3) is 0 Å². The lowest BCUT2D eigenvalue weighted by molar-refractivity contribution is -0.384. The molecule has 0 bridgehead atoms. The zero-order valence-electron chi connectivity index (χ0n) is 10.2. The minimum Gasteiger partial charge on any atom is -0.456 e. The Kier molecular flexibility index (Phi) is 4.44. The molecule has 0 atom stereocenters. The minimum absolute atomic E-state index is 0.0983. The molecule has 104 valence electrons. The molecule has 2 rings (SSSR count). The molecule has 2 aromatic carbocycles. The van der Waals surface area contributed by atoms with Gasteiger partial charge in [0.1, 0.15) is 11.5 Å². The number of non-ortho nitro benzene ring substituents is 1. The summed E-state index contributed by atoms with van der Waals surface area (Å²) in [5, 5.41) is 11.3. The van der Waals surface area contributed by atoms with Gasteiger partial charge < -0.3 is 10.5 Å². The quantitative estimate of drug-likeness (QED) is 0.679. The number of rotatable bonds is 4. The highest BCUT2D eigenvalue weighted by molar-refractivity contribution is 6.32. The van der Waals surface area contributed by atoms with Crippen LogP contribution >= 0.6 is 23.2 Å². The number of benzene rings is 2. The molecule has 0 aliphatic carbocycles. The Hall–Kier alpha value is -1.82. The van der Waals surface area contributed by atoms with Crippen LogP contribution in [0.4, 0.5) is 5.69 Å². The second kappa shape index (κ2) is 6.09. The summed E-state index contributed by atoms with van der Waals surface area (Å²) in [6, 6.07) is 9.04. The van der Waals surface area contributed by atoms with Crippen LogP contribution in [0.5, 0.6) is 11.5 Å². The summed E-state index contributed by atoms with van der Waals surface area (Å²) >= 11 is 12.0. The van der Waals surface area contributed by atoms with Crippen molar-refractivity contribution in [3.8, 4) is 11.5 Å². The Bertz CT molecular complexity index is 662. The lowest BCUT2D eigenvalue weighted by Gasteiger charge is -2.09. The van der Waals surface area contributed by atoms with Crippen molar-refractivity contribution in [2.24, 2.45) is 5.73 Å². The molecule has 0 aliphatic rings. The molecule has 0 aliphatic heterocycles. The molecule has 7 heteroatoms. The molecule has 0 spiro atoms. The molecule has 2 aromatic rings. The molecule has 0 saturated carbocycles. The maximum Gasteiger partial charge on any atom is 0.271 e. The van der Waals surface area contributed by atoms with Crippen LogP contribution in [0.15, 0.2) is 36.4 Å². The average Bonchev–Trinajstić information content (AvgIpc) is 2.41. The minimum atomic E-state index is -0.525. The topological polar surface area (TPSA) is 78.4 Å². The first-order chi connectivity index (χ1) is 9.51. The van der Waals surface area contributed by atoms with E-state index in [2.05, 4.69) is 0 Å². The molecule has 0 aromatic heterocycles. The van der Waals surface area contributed by atoms with Gasteiger partial charge in [0.2, 0.25) is 0 Å². The van der Waals surface area contributed by atoms with Gasteiger partial charge in [-0.05, 0) is 23.8 Å². The number of hydrogen-bond acceptors (Lipinski definition) is 4. The van der Waals surface area contributed by atoms with E-state index in [9.17, 15) is 10.1 Å². The lowest BCUT2D eigenvalue weighted by Crippen LogP contribution is -1.97. The molecule has 20 heavy (non-hydrogen) atoms. The van der Waals surface area contributed by atoms with Gasteiger partial charge >= 0.3 is 0 Å². The van der Waals surface area contributed by atoms with E-state index in [4.69, 9.17) is 33.7 Å². The Balaban J connectivity index is 2.26. The second-order valence-corrected chi connectivity index (χ2v) is 4.75. The van der Waals surface area contributed by atoms with E-state index in [1.54, 1.807) is 18.2 Å². The molecule has 2 N–H and O–H groups in total. The van der Waals surface area contributed by atoms with Crippen molar-refractivity contribution in [3.05, 3.63) is 62.1 Å². The number of ether oxygens (including phenoxy) is 1. The van der Waals surface area contributed by atoms with Gasteiger partial charge in [-0.1, -0.05) is 29.3 Å². The van der Waals surface area contributed by atoms with Crippen molar-refractivity contribution >= 4 is 28.9 Å². The predicted octanol–water partition coefficient (Wildman–Crippen LogP) is 4.15. The van der Waals surface area contributed by atoms with Gasteiger partial charge in [0.05, 0.1) is 9.95 Å². The second-order valence-electron chi connectivity index (χ2n) is 3.93. The molecule has 0 heterocycles. The highest BCUT2D eigenvalue weighted by Crippen LogP contribution is 2.33. The third kappa shape index (κ3) is 3.19. The third-order valence-corrected chi connectivity index (χ3v) is 3.25. The molecule has 0 amide bonds. The first kappa shape index (κ1) is 14.6. The summed E-state index contributed by atoms with van der Waals surface area (Å²) in [6.07, 6.45) is 0. The highest BCUT2D eigenvalue weighted by atomic mass is 35.5. The summed E-state index contributed by atoms with van der Waals surface area (Å²) in [6.45, 7) is 0.331. The SMILES string of the molecule is NCc1ccc(Oc2ccc([N+](=O)[O-])cc2Cl)cc1Cl. The monoisotopic (exact) mass is 312 g/mol. The Morgan fingerprint density at radius 2 is 1.90 bits per heavy atom. The highest BCUT2D eigenvalue weighted by Gasteiger charge is 2.11. The van der Waals surface area contributed by atoms with Crippen LogP contribution in [-0.2, 0) is 6.54 Å². The Labute approximate surface area is 125 Å². The largest absolute Gasteiger partial charge is 0.456 e. The van der Waals surface area contributed by atoms with E-state index in [1.165, 1.54) is 18.2 Å². The Morgan fingerprint density at radius 3 is 2.45 bits per heavy atom. The van der Waals surface area contributed by atoms with Crippen LogP contribution in [0, 0.1) is 10.1 Å². The standard InChI is InChI=1S/C13H10Cl2N2O3/c14-11-6-10(3-1-8(11)7-16)20-13-4-2-9(17(18)19)5-12(13)15/h1-6H,7,16H2. The van der Waals surface area contributed by atoms with Crippen molar-refractivity contribution in [1.82, 2.24) is 0 Å². The zero-order chi connectivity index (χ0) is 14.7.